The fraction of sp³-hybridized carbons (Fsp3) is 1.00. The summed E-state index contributed by atoms with van der Waals surface area (Å²) < 4.78 is 0. The van der Waals surface area contributed by atoms with E-state index in [1.54, 1.807) is 0 Å². The predicted molar refractivity (Wildman–Crippen MR) is 50.9 cm³/mol. The van der Waals surface area contributed by atoms with Gasteiger partial charge < -0.3 is 5.11 Å². The van der Waals surface area contributed by atoms with E-state index in [4.69, 9.17) is 0 Å². The lowest BCUT2D eigenvalue weighted by Crippen LogP contribution is -2.27. The lowest BCUT2D eigenvalue weighted by molar-refractivity contribution is 0.199. The highest BCUT2D eigenvalue weighted by atomic mass is 79.9. The molecule has 0 heterocycles. The van der Waals surface area contributed by atoms with Gasteiger partial charge in [-0.15, -0.1) is 0 Å². The molecular weight excluding hydrogens is 316 g/mol. The van der Waals surface area contributed by atoms with Gasteiger partial charge in [-0.3, -0.25) is 0 Å². The summed E-state index contributed by atoms with van der Waals surface area (Å²) in [7, 11) is 0. The summed E-state index contributed by atoms with van der Waals surface area (Å²) in [5.74, 6) is 0. The number of aliphatic hydroxyl groups is 1. The minimum absolute atomic E-state index is 0.122. The fourth-order valence-corrected chi connectivity index (χ4v) is 1.83. The van der Waals surface area contributed by atoms with E-state index >= 15 is 0 Å². The zero-order valence-corrected chi connectivity index (χ0v) is 9.78. The molecule has 0 saturated carbocycles. The first-order chi connectivity index (χ1) is 4.09. The number of aliphatic hydroxyl groups excluding tert-OH is 1. The average Bonchev–Trinajstić information content (AvgIpc) is 1.84. The van der Waals surface area contributed by atoms with E-state index in [-0.39, 0.29) is 10.9 Å². The van der Waals surface area contributed by atoms with Crippen LogP contribution in [-0.4, -0.2) is 26.2 Å². The van der Waals surface area contributed by atoms with Gasteiger partial charge in [0.1, 0.15) is 0 Å². The topological polar surface area (TPSA) is 20.2 Å². The van der Waals surface area contributed by atoms with Crippen LogP contribution in [0.4, 0.5) is 0 Å². The van der Waals surface area contributed by atoms with Gasteiger partial charge >= 0.3 is 0 Å². The van der Waals surface area contributed by atoms with Crippen LogP contribution in [0, 0.1) is 0 Å². The number of rotatable bonds is 3. The molecule has 0 aliphatic heterocycles. The first-order valence-electron chi connectivity index (χ1n) is 2.61. The molecule has 0 aliphatic carbocycles. The van der Waals surface area contributed by atoms with E-state index in [2.05, 4.69) is 47.8 Å². The smallest absolute Gasteiger partial charge is 0.0772 e. The molecule has 0 rings (SSSR count). The Bertz CT molecular complexity index is 76.6. The van der Waals surface area contributed by atoms with Gasteiger partial charge in [0, 0.05) is 10.2 Å². The van der Waals surface area contributed by atoms with Crippen LogP contribution in [-0.2, 0) is 0 Å². The van der Waals surface area contributed by atoms with E-state index in [1.165, 1.54) is 0 Å². The highest BCUT2D eigenvalue weighted by molar-refractivity contribution is 9.12. The van der Waals surface area contributed by atoms with Gasteiger partial charge in [-0.25, -0.2) is 0 Å². The second-order valence-corrected chi connectivity index (χ2v) is 4.99. The minimum Gasteiger partial charge on any atom is -0.391 e. The Labute approximate surface area is 80.6 Å². The Morgan fingerprint density at radius 3 is 2.00 bits per heavy atom. The van der Waals surface area contributed by atoms with Crippen LogP contribution in [0.3, 0.4) is 0 Å². The molecule has 0 aliphatic rings. The maximum Gasteiger partial charge on any atom is 0.0772 e. The van der Waals surface area contributed by atoms with Crippen molar-refractivity contribution in [1.82, 2.24) is 0 Å². The van der Waals surface area contributed by atoms with E-state index < -0.39 is 0 Å². The van der Waals surface area contributed by atoms with Crippen molar-refractivity contribution in [2.75, 3.05) is 5.33 Å². The van der Waals surface area contributed by atoms with Gasteiger partial charge in [0.25, 0.3) is 0 Å². The molecule has 0 bridgehead atoms. The molecule has 3 unspecified atom stereocenters. The van der Waals surface area contributed by atoms with Crippen molar-refractivity contribution in [2.45, 2.75) is 22.7 Å². The third-order valence-electron chi connectivity index (χ3n) is 0.964. The molecule has 3 atom stereocenters. The van der Waals surface area contributed by atoms with Crippen LogP contribution in [0.15, 0.2) is 0 Å². The van der Waals surface area contributed by atoms with Gasteiger partial charge in [-0.2, -0.15) is 0 Å². The molecule has 0 saturated heterocycles. The van der Waals surface area contributed by atoms with Gasteiger partial charge in [-0.05, 0) is 0 Å². The Balaban J connectivity index is 3.58. The third-order valence-corrected chi connectivity index (χ3v) is 4.31. The summed E-state index contributed by atoms with van der Waals surface area (Å²) >= 11 is 9.88. The Hall–Kier alpha value is 1.40. The molecule has 1 N–H and O–H groups in total. The second-order valence-electron chi connectivity index (χ2n) is 1.84. The quantitative estimate of drug-likeness (QED) is 0.790. The van der Waals surface area contributed by atoms with Crippen molar-refractivity contribution in [1.29, 1.82) is 0 Å². The van der Waals surface area contributed by atoms with Crippen LogP contribution in [0.1, 0.15) is 6.92 Å². The van der Waals surface area contributed by atoms with Crippen molar-refractivity contribution in [3.05, 3.63) is 0 Å². The normalized spacial score (nSPS) is 21.0. The van der Waals surface area contributed by atoms with E-state index in [9.17, 15) is 5.11 Å². The third kappa shape index (κ3) is 3.96. The standard InChI is InChI=1S/C5H9Br3O/c1-3(7)5(8)4(9)2-6/h3-5,9H,2H2,1H3. The van der Waals surface area contributed by atoms with Crippen LogP contribution in [0.5, 0.6) is 0 Å². The molecule has 0 fully saturated rings. The molecule has 0 amide bonds. The van der Waals surface area contributed by atoms with Crippen LogP contribution in [0.25, 0.3) is 0 Å². The fourth-order valence-electron chi connectivity index (χ4n) is 0.391. The molecule has 0 spiro atoms. The highest BCUT2D eigenvalue weighted by Crippen LogP contribution is 2.18. The maximum atomic E-state index is 9.17. The SMILES string of the molecule is CC(Br)C(Br)C(O)CBr. The van der Waals surface area contributed by atoms with Gasteiger partial charge in [0.05, 0.1) is 10.9 Å². The van der Waals surface area contributed by atoms with Crippen LogP contribution in [0.2, 0.25) is 0 Å². The molecule has 0 aromatic heterocycles. The molecule has 56 valence electrons. The molecular formula is C5H9Br3O. The number of alkyl halides is 3. The summed E-state index contributed by atoms with van der Waals surface area (Å²) in [5, 5.41) is 9.78. The monoisotopic (exact) mass is 322 g/mol. The summed E-state index contributed by atoms with van der Waals surface area (Å²) in [4.78, 5) is 0.418. The van der Waals surface area contributed by atoms with Crippen molar-refractivity contribution in [3.63, 3.8) is 0 Å². The lowest BCUT2D eigenvalue weighted by Gasteiger charge is -2.16. The van der Waals surface area contributed by atoms with Gasteiger partial charge in [-0.1, -0.05) is 54.7 Å². The Morgan fingerprint density at radius 2 is 1.89 bits per heavy atom. The molecule has 4 heteroatoms. The Kier molecular flexibility index (Phi) is 5.90. The molecule has 0 radical (unpaired) electrons. The van der Waals surface area contributed by atoms with Crippen molar-refractivity contribution < 1.29 is 5.11 Å². The summed E-state index contributed by atoms with van der Waals surface area (Å²) in [6.45, 7) is 1.99. The van der Waals surface area contributed by atoms with Crippen LogP contribution < -0.4 is 0 Å². The molecule has 0 aromatic carbocycles. The summed E-state index contributed by atoms with van der Waals surface area (Å²) in [5.41, 5.74) is 0. The average molecular weight is 325 g/mol. The zero-order chi connectivity index (χ0) is 7.44. The second kappa shape index (κ2) is 5.10. The van der Waals surface area contributed by atoms with Crippen molar-refractivity contribution in [2.24, 2.45) is 0 Å². The lowest BCUT2D eigenvalue weighted by atomic mass is 10.2. The van der Waals surface area contributed by atoms with Crippen molar-refractivity contribution in [3.8, 4) is 0 Å². The minimum atomic E-state index is -0.320. The van der Waals surface area contributed by atoms with E-state index in [0.29, 0.717) is 10.2 Å². The van der Waals surface area contributed by atoms with E-state index in [0.717, 1.165) is 0 Å². The first kappa shape index (κ1) is 10.4. The first-order valence-corrected chi connectivity index (χ1v) is 5.57. The number of halogens is 3. The zero-order valence-electron chi connectivity index (χ0n) is 5.02. The van der Waals surface area contributed by atoms with Crippen molar-refractivity contribution >= 4 is 47.8 Å². The molecule has 0 aromatic rings. The molecule has 9 heavy (non-hydrogen) atoms. The number of hydrogen-bond donors (Lipinski definition) is 1. The Morgan fingerprint density at radius 1 is 1.44 bits per heavy atom. The van der Waals surface area contributed by atoms with E-state index in [1.807, 2.05) is 6.92 Å². The molecule has 1 nitrogen and oxygen atoms in total. The predicted octanol–water partition coefficient (Wildman–Crippen LogP) is 2.29. The summed E-state index contributed by atoms with van der Waals surface area (Å²) in [6, 6.07) is 0. The highest BCUT2D eigenvalue weighted by Gasteiger charge is 2.18. The van der Waals surface area contributed by atoms with Crippen LogP contribution >= 0.6 is 47.8 Å². The number of hydrogen-bond acceptors (Lipinski definition) is 1. The summed E-state index contributed by atoms with van der Waals surface area (Å²) in [6.07, 6.45) is -0.320. The van der Waals surface area contributed by atoms with Gasteiger partial charge in [0.2, 0.25) is 0 Å². The maximum absolute atomic E-state index is 9.17. The largest absolute Gasteiger partial charge is 0.391 e. The van der Waals surface area contributed by atoms with Gasteiger partial charge in [0.15, 0.2) is 0 Å².